The molecule has 0 radical (unpaired) electrons. The van der Waals surface area contributed by atoms with E-state index in [9.17, 15) is 4.79 Å². The van der Waals surface area contributed by atoms with Crippen LogP contribution >= 0.6 is 12.2 Å². The van der Waals surface area contributed by atoms with Crippen molar-refractivity contribution in [2.45, 2.75) is 25.8 Å². The number of hydrogen-bond donors (Lipinski definition) is 2. The van der Waals surface area contributed by atoms with Crippen LogP contribution in [-0.4, -0.2) is 41.7 Å². The van der Waals surface area contributed by atoms with Gasteiger partial charge in [0.15, 0.2) is 0 Å². The van der Waals surface area contributed by atoms with Crippen LogP contribution in [0.5, 0.6) is 0 Å². The van der Waals surface area contributed by atoms with Crippen molar-refractivity contribution in [2.75, 3.05) is 25.0 Å². The summed E-state index contributed by atoms with van der Waals surface area (Å²) < 4.78 is 5.01. The number of nitrogens with two attached hydrogens (primary N) is 1. The standard InChI is InChI=1S/C15H21N3O2S/c1-2-20-15(19)18-9-7-13(8-10-18)17-12-5-3-11(4-6-12)14(16)21/h3-6,13,17H,2,7-10H2,1H3,(H2,16,21). The van der Waals surface area contributed by atoms with E-state index in [4.69, 9.17) is 22.7 Å². The van der Waals surface area contributed by atoms with Crippen LogP contribution in [0.15, 0.2) is 24.3 Å². The van der Waals surface area contributed by atoms with Crippen LogP contribution in [0.3, 0.4) is 0 Å². The third-order valence-corrected chi connectivity index (χ3v) is 3.80. The zero-order valence-electron chi connectivity index (χ0n) is 12.2. The van der Waals surface area contributed by atoms with Gasteiger partial charge in [0.25, 0.3) is 0 Å². The second kappa shape index (κ2) is 7.26. The van der Waals surface area contributed by atoms with Crippen molar-refractivity contribution < 1.29 is 9.53 Å². The Hall–Kier alpha value is -1.82. The summed E-state index contributed by atoms with van der Waals surface area (Å²) in [5.41, 5.74) is 7.49. The van der Waals surface area contributed by atoms with Crippen molar-refractivity contribution >= 4 is 29.0 Å². The molecule has 6 heteroatoms. The zero-order valence-corrected chi connectivity index (χ0v) is 13.0. The van der Waals surface area contributed by atoms with Gasteiger partial charge in [-0.05, 0) is 44.0 Å². The number of carbonyl (C=O) groups is 1. The molecule has 1 saturated heterocycles. The van der Waals surface area contributed by atoms with E-state index >= 15 is 0 Å². The summed E-state index contributed by atoms with van der Waals surface area (Å²) in [4.78, 5) is 13.8. The second-order valence-corrected chi connectivity index (χ2v) is 5.49. The molecule has 0 bridgehead atoms. The van der Waals surface area contributed by atoms with Gasteiger partial charge in [-0.15, -0.1) is 0 Å². The monoisotopic (exact) mass is 307 g/mol. The Morgan fingerprint density at radius 1 is 1.38 bits per heavy atom. The van der Waals surface area contributed by atoms with Crippen LogP contribution in [0.25, 0.3) is 0 Å². The molecule has 3 N–H and O–H groups in total. The Balaban J connectivity index is 1.83. The molecule has 1 aliphatic rings. The molecule has 114 valence electrons. The average Bonchev–Trinajstić information content (AvgIpc) is 2.49. The number of thiocarbonyl (C=S) groups is 1. The number of anilines is 1. The van der Waals surface area contributed by atoms with E-state index in [2.05, 4.69) is 5.32 Å². The van der Waals surface area contributed by atoms with E-state index in [1.807, 2.05) is 31.2 Å². The molecule has 0 aromatic heterocycles. The molecule has 0 spiro atoms. The van der Waals surface area contributed by atoms with Crippen LogP contribution in [0.1, 0.15) is 25.3 Å². The minimum absolute atomic E-state index is 0.211. The molecule has 1 aliphatic heterocycles. The highest BCUT2D eigenvalue weighted by molar-refractivity contribution is 7.80. The van der Waals surface area contributed by atoms with Crippen molar-refractivity contribution in [3.8, 4) is 0 Å². The van der Waals surface area contributed by atoms with E-state index in [1.54, 1.807) is 4.90 Å². The van der Waals surface area contributed by atoms with Gasteiger partial charge in [-0.1, -0.05) is 12.2 Å². The minimum Gasteiger partial charge on any atom is -0.450 e. The highest BCUT2D eigenvalue weighted by atomic mass is 32.1. The minimum atomic E-state index is -0.211. The molecule has 1 amide bonds. The van der Waals surface area contributed by atoms with Crippen molar-refractivity contribution in [1.82, 2.24) is 4.90 Å². The van der Waals surface area contributed by atoms with E-state index in [1.165, 1.54) is 0 Å². The van der Waals surface area contributed by atoms with E-state index in [0.717, 1.165) is 37.2 Å². The van der Waals surface area contributed by atoms with Crippen LogP contribution in [0.2, 0.25) is 0 Å². The lowest BCUT2D eigenvalue weighted by molar-refractivity contribution is 0.0983. The number of carbonyl (C=O) groups excluding carboxylic acids is 1. The molecule has 0 unspecified atom stereocenters. The lowest BCUT2D eigenvalue weighted by Gasteiger charge is -2.32. The van der Waals surface area contributed by atoms with Crippen molar-refractivity contribution in [1.29, 1.82) is 0 Å². The van der Waals surface area contributed by atoms with E-state index in [0.29, 0.717) is 17.6 Å². The maximum Gasteiger partial charge on any atom is 0.409 e. The topological polar surface area (TPSA) is 67.6 Å². The summed E-state index contributed by atoms with van der Waals surface area (Å²) in [6.45, 7) is 3.69. The first kappa shape index (κ1) is 15.6. The van der Waals surface area contributed by atoms with Crippen molar-refractivity contribution in [3.63, 3.8) is 0 Å². The summed E-state index contributed by atoms with van der Waals surface area (Å²) in [5.74, 6) is 0. The number of ether oxygens (including phenoxy) is 1. The first-order valence-corrected chi connectivity index (χ1v) is 7.59. The van der Waals surface area contributed by atoms with Crippen molar-refractivity contribution in [2.24, 2.45) is 5.73 Å². The van der Waals surface area contributed by atoms with Crippen LogP contribution < -0.4 is 11.1 Å². The Morgan fingerprint density at radius 3 is 2.52 bits per heavy atom. The molecule has 2 rings (SSSR count). The molecular weight excluding hydrogens is 286 g/mol. The number of rotatable bonds is 4. The van der Waals surface area contributed by atoms with Gasteiger partial charge in [0, 0.05) is 30.4 Å². The lowest BCUT2D eigenvalue weighted by atomic mass is 10.0. The average molecular weight is 307 g/mol. The maximum atomic E-state index is 11.6. The van der Waals surface area contributed by atoms with Gasteiger partial charge in [-0.25, -0.2) is 4.79 Å². The summed E-state index contributed by atoms with van der Waals surface area (Å²) >= 11 is 4.93. The van der Waals surface area contributed by atoms with Crippen LogP contribution in [0.4, 0.5) is 10.5 Å². The maximum absolute atomic E-state index is 11.6. The number of nitrogens with zero attached hydrogens (tertiary/aromatic N) is 1. The molecule has 1 heterocycles. The Morgan fingerprint density at radius 2 is 2.00 bits per heavy atom. The molecule has 0 saturated carbocycles. The van der Waals surface area contributed by atoms with Gasteiger partial charge < -0.3 is 20.7 Å². The number of likely N-dealkylation sites (tertiary alicyclic amines) is 1. The fourth-order valence-electron chi connectivity index (χ4n) is 2.39. The Labute approximate surface area is 130 Å². The van der Waals surface area contributed by atoms with Gasteiger partial charge >= 0.3 is 6.09 Å². The molecule has 0 aliphatic carbocycles. The van der Waals surface area contributed by atoms with Crippen LogP contribution in [-0.2, 0) is 4.74 Å². The zero-order chi connectivity index (χ0) is 15.2. The number of piperidine rings is 1. The molecule has 5 nitrogen and oxygen atoms in total. The van der Waals surface area contributed by atoms with Crippen molar-refractivity contribution in [3.05, 3.63) is 29.8 Å². The molecular formula is C15H21N3O2S. The summed E-state index contributed by atoms with van der Waals surface area (Å²) in [6.07, 6.45) is 1.61. The van der Waals surface area contributed by atoms with Gasteiger partial charge in [-0.3, -0.25) is 0 Å². The summed E-state index contributed by atoms with van der Waals surface area (Å²) in [5, 5.41) is 3.48. The summed E-state index contributed by atoms with van der Waals surface area (Å²) in [7, 11) is 0. The number of hydrogen-bond acceptors (Lipinski definition) is 4. The third-order valence-electron chi connectivity index (χ3n) is 3.56. The molecule has 21 heavy (non-hydrogen) atoms. The normalized spacial score (nSPS) is 15.6. The first-order valence-electron chi connectivity index (χ1n) is 7.18. The molecule has 1 fully saturated rings. The van der Waals surface area contributed by atoms with Gasteiger partial charge in [0.05, 0.1) is 6.61 Å². The largest absolute Gasteiger partial charge is 0.450 e. The van der Waals surface area contributed by atoms with Gasteiger partial charge in [0.2, 0.25) is 0 Å². The van der Waals surface area contributed by atoms with E-state index < -0.39 is 0 Å². The summed E-state index contributed by atoms with van der Waals surface area (Å²) in [6, 6.07) is 8.15. The fourth-order valence-corrected chi connectivity index (χ4v) is 2.52. The third kappa shape index (κ3) is 4.32. The molecule has 1 aromatic rings. The predicted molar refractivity (Wildman–Crippen MR) is 87.6 cm³/mol. The van der Waals surface area contributed by atoms with Crippen LogP contribution in [0, 0.1) is 0 Å². The second-order valence-electron chi connectivity index (χ2n) is 5.05. The van der Waals surface area contributed by atoms with E-state index in [-0.39, 0.29) is 6.09 Å². The lowest BCUT2D eigenvalue weighted by Crippen LogP contribution is -2.42. The Bertz CT molecular complexity index is 496. The quantitative estimate of drug-likeness (QED) is 0.836. The molecule has 1 aromatic carbocycles. The number of amides is 1. The highest BCUT2D eigenvalue weighted by Gasteiger charge is 2.23. The first-order chi connectivity index (χ1) is 10.1. The highest BCUT2D eigenvalue weighted by Crippen LogP contribution is 2.17. The van der Waals surface area contributed by atoms with Gasteiger partial charge in [0.1, 0.15) is 4.99 Å². The SMILES string of the molecule is CCOC(=O)N1CCC(Nc2ccc(C(N)=S)cc2)CC1. The molecule has 0 atom stereocenters. The Kier molecular flexibility index (Phi) is 5.38. The number of benzene rings is 1. The van der Waals surface area contributed by atoms with Gasteiger partial charge in [-0.2, -0.15) is 0 Å². The predicted octanol–water partition coefficient (Wildman–Crippen LogP) is 2.35. The number of nitrogens with one attached hydrogen (secondary N) is 1. The fraction of sp³-hybridized carbons (Fsp3) is 0.467. The smallest absolute Gasteiger partial charge is 0.409 e.